The van der Waals surface area contributed by atoms with E-state index >= 15 is 0 Å². The highest BCUT2D eigenvalue weighted by Gasteiger charge is 2.36. The SMILES string of the molecule is Fc1cc(F)cc([C@]2(F)CCNC2)c1. The van der Waals surface area contributed by atoms with Crippen LogP contribution in [0.2, 0.25) is 0 Å². The summed E-state index contributed by atoms with van der Waals surface area (Å²) in [5, 5.41) is 2.83. The number of hydrogen-bond acceptors (Lipinski definition) is 1. The van der Waals surface area contributed by atoms with Crippen LogP contribution in [0.5, 0.6) is 0 Å². The maximum absolute atomic E-state index is 14.0. The van der Waals surface area contributed by atoms with E-state index in [1.165, 1.54) is 0 Å². The summed E-state index contributed by atoms with van der Waals surface area (Å²) in [6, 6.07) is 2.85. The Morgan fingerprint density at radius 1 is 1.14 bits per heavy atom. The van der Waals surface area contributed by atoms with Gasteiger partial charge in [0.1, 0.15) is 17.3 Å². The van der Waals surface area contributed by atoms with Gasteiger partial charge in [0.25, 0.3) is 0 Å². The third-order valence-electron chi connectivity index (χ3n) is 2.48. The van der Waals surface area contributed by atoms with Crippen LogP contribution in [0, 0.1) is 11.6 Å². The van der Waals surface area contributed by atoms with Crippen molar-refractivity contribution < 1.29 is 13.2 Å². The Kier molecular flexibility index (Phi) is 2.23. The number of halogens is 3. The zero-order valence-corrected chi connectivity index (χ0v) is 7.49. The average Bonchev–Trinajstić information content (AvgIpc) is 2.52. The molecule has 1 fully saturated rings. The summed E-state index contributed by atoms with van der Waals surface area (Å²) in [7, 11) is 0. The van der Waals surface area contributed by atoms with Crippen LogP contribution in [-0.4, -0.2) is 13.1 Å². The van der Waals surface area contributed by atoms with Crippen molar-refractivity contribution in [2.45, 2.75) is 12.1 Å². The lowest BCUT2D eigenvalue weighted by Gasteiger charge is -2.18. The van der Waals surface area contributed by atoms with Gasteiger partial charge in [0.15, 0.2) is 0 Å². The van der Waals surface area contributed by atoms with Crippen LogP contribution in [0.4, 0.5) is 13.2 Å². The molecule has 0 saturated carbocycles. The Labute approximate surface area is 79.9 Å². The lowest BCUT2D eigenvalue weighted by molar-refractivity contribution is 0.192. The van der Waals surface area contributed by atoms with Crippen molar-refractivity contribution in [1.82, 2.24) is 5.32 Å². The fraction of sp³-hybridized carbons (Fsp3) is 0.400. The molecule has 4 heteroatoms. The first-order valence-electron chi connectivity index (χ1n) is 4.46. The van der Waals surface area contributed by atoms with E-state index in [0.717, 1.165) is 18.2 Å². The second-order valence-corrected chi connectivity index (χ2v) is 3.55. The van der Waals surface area contributed by atoms with E-state index in [-0.39, 0.29) is 18.5 Å². The Balaban J connectivity index is 2.40. The molecule has 1 aromatic rings. The monoisotopic (exact) mass is 201 g/mol. The molecular weight excluding hydrogens is 191 g/mol. The normalized spacial score (nSPS) is 26.8. The van der Waals surface area contributed by atoms with Crippen molar-refractivity contribution in [2.24, 2.45) is 0 Å². The van der Waals surface area contributed by atoms with E-state index in [0.29, 0.717) is 6.54 Å². The van der Waals surface area contributed by atoms with Gasteiger partial charge >= 0.3 is 0 Å². The topological polar surface area (TPSA) is 12.0 Å². The van der Waals surface area contributed by atoms with Crippen LogP contribution in [0.25, 0.3) is 0 Å². The van der Waals surface area contributed by atoms with Gasteiger partial charge in [-0.1, -0.05) is 0 Å². The molecule has 2 rings (SSSR count). The molecule has 0 spiro atoms. The molecule has 0 unspecified atom stereocenters. The number of nitrogens with one attached hydrogen (secondary N) is 1. The minimum absolute atomic E-state index is 0.0833. The van der Waals surface area contributed by atoms with Crippen LogP contribution in [0.3, 0.4) is 0 Å². The lowest BCUT2D eigenvalue weighted by Crippen LogP contribution is -2.23. The molecule has 1 saturated heterocycles. The molecule has 76 valence electrons. The van der Waals surface area contributed by atoms with Crippen molar-refractivity contribution in [3.63, 3.8) is 0 Å². The molecule has 1 heterocycles. The Bertz CT molecular complexity index is 325. The molecule has 1 nitrogen and oxygen atoms in total. The van der Waals surface area contributed by atoms with Crippen molar-refractivity contribution in [1.29, 1.82) is 0 Å². The summed E-state index contributed by atoms with van der Waals surface area (Å²) in [6.45, 7) is 0.657. The zero-order chi connectivity index (χ0) is 10.2. The van der Waals surface area contributed by atoms with Gasteiger partial charge in [-0.2, -0.15) is 0 Å². The molecular formula is C10H10F3N. The third kappa shape index (κ3) is 1.62. The molecule has 1 atom stereocenters. The maximum atomic E-state index is 14.0. The van der Waals surface area contributed by atoms with E-state index in [2.05, 4.69) is 5.32 Å². The van der Waals surface area contributed by atoms with Gasteiger partial charge in [-0.25, -0.2) is 13.2 Å². The van der Waals surface area contributed by atoms with E-state index in [1.807, 2.05) is 0 Å². The molecule has 1 aromatic carbocycles. The van der Waals surface area contributed by atoms with Gasteiger partial charge in [-0.15, -0.1) is 0 Å². The second kappa shape index (κ2) is 3.28. The minimum atomic E-state index is -1.62. The van der Waals surface area contributed by atoms with E-state index in [4.69, 9.17) is 0 Å². The minimum Gasteiger partial charge on any atom is -0.313 e. The Morgan fingerprint density at radius 3 is 2.29 bits per heavy atom. The molecule has 14 heavy (non-hydrogen) atoms. The van der Waals surface area contributed by atoms with E-state index in [1.54, 1.807) is 0 Å². The van der Waals surface area contributed by atoms with Crippen molar-refractivity contribution in [3.8, 4) is 0 Å². The van der Waals surface area contributed by atoms with E-state index in [9.17, 15) is 13.2 Å². The Hall–Kier alpha value is -1.03. The van der Waals surface area contributed by atoms with Crippen LogP contribution in [0.1, 0.15) is 12.0 Å². The van der Waals surface area contributed by atoms with Gasteiger partial charge in [-0.05, 0) is 30.7 Å². The molecule has 1 aliphatic rings. The van der Waals surface area contributed by atoms with Crippen LogP contribution < -0.4 is 5.32 Å². The summed E-state index contributed by atoms with van der Waals surface area (Å²) in [5.41, 5.74) is -1.54. The fourth-order valence-corrected chi connectivity index (χ4v) is 1.72. The lowest BCUT2D eigenvalue weighted by atomic mass is 9.95. The van der Waals surface area contributed by atoms with Gasteiger partial charge < -0.3 is 5.32 Å². The predicted molar refractivity (Wildman–Crippen MR) is 46.6 cm³/mol. The van der Waals surface area contributed by atoms with Gasteiger partial charge in [0, 0.05) is 12.6 Å². The molecule has 0 radical (unpaired) electrons. The molecule has 1 N–H and O–H groups in total. The average molecular weight is 201 g/mol. The highest BCUT2D eigenvalue weighted by atomic mass is 19.1. The summed E-state index contributed by atoms with van der Waals surface area (Å²) in [5.74, 6) is -1.46. The predicted octanol–water partition coefficient (Wildman–Crippen LogP) is 2.12. The number of alkyl halides is 1. The quantitative estimate of drug-likeness (QED) is 0.733. The maximum Gasteiger partial charge on any atom is 0.149 e. The van der Waals surface area contributed by atoms with Gasteiger partial charge in [-0.3, -0.25) is 0 Å². The molecule has 0 bridgehead atoms. The summed E-state index contributed by atoms with van der Waals surface area (Å²) < 4.78 is 39.7. The Morgan fingerprint density at radius 2 is 1.79 bits per heavy atom. The third-order valence-corrected chi connectivity index (χ3v) is 2.48. The van der Waals surface area contributed by atoms with Crippen molar-refractivity contribution >= 4 is 0 Å². The molecule has 0 aromatic heterocycles. The highest BCUT2D eigenvalue weighted by molar-refractivity contribution is 5.26. The van der Waals surface area contributed by atoms with Crippen LogP contribution >= 0.6 is 0 Å². The van der Waals surface area contributed by atoms with Gasteiger partial charge in [0.2, 0.25) is 0 Å². The fourth-order valence-electron chi connectivity index (χ4n) is 1.72. The van der Waals surface area contributed by atoms with Crippen molar-refractivity contribution in [3.05, 3.63) is 35.4 Å². The number of benzene rings is 1. The van der Waals surface area contributed by atoms with Crippen LogP contribution in [0.15, 0.2) is 18.2 Å². The molecule has 0 aliphatic carbocycles. The van der Waals surface area contributed by atoms with Crippen LogP contribution in [-0.2, 0) is 5.67 Å². The van der Waals surface area contributed by atoms with Crippen molar-refractivity contribution in [2.75, 3.05) is 13.1 Å². The number of rotatable bonds is 1. The summed E-state index contributed by atoms with van der Waals surface area (Å²) in [4.78, 5) is 0. The first kappa shape index (κ1) is 9.52. The first-order chi connectivity index (χ1) is 6.60. The summed E-state index contributed by atoms with van der Waals surface area (Å²) in [6.07, 6.45) is 0.260. The first-order valence-corrected chi connectivity index (χ1v) is 4.46. The molecule has 1 aliphatic heterocycles. The summed E-state index contributed by atoms with van der Waals surface area (Å²) >= 11 is 0. The van der Waals surface area contributed by atoms with E-state index < -0.39 is 17.3 Å². The van der Waals surface area contributed by atoms with Gasteiger partial charge in [0.05, 0.1) is 0 Å². The largest absolute Gasteiger partial charge is 0.313 e. The standard InChI is InChI=1S/C10H10F3N/c11-8-3-7(4-9(12)5-8)10(13)1-2-14-6-10/h3-5,14H,1-2,6H2/t10-/m0/s1. The second-order valence-electron chi connectivity index (χ2n) is 3.55. The molecule has 0 amide bonds. The number of hydrogen-bond donors (Lipinski definition) is 1. The highest BCUT2D eigenvalue weighted by Crippen LogP contribution is 2.32. The smallest absolute Gasteiger partial charge is 0.149 e. The zero-order valence-electron chi connectivity index (χ0n) is 7.49.